The molecule has 40 heavy (non-hydrogen) atoms. The molecule has 0 aliphatic rings. The Morgan fingerprint density at radius 3 is 1.62 bits per heavy atom. The summed E-state index contributed by atoms with van der Waals surface area (Å²) in [4.78, 5) is 13.8. The Labute approximate surface area is 252 Å². The van der Waals surface area contributed by atoms with Crippen LogP contribution in [0.1, 0.15) is 170 Å². The van der Waals surface area contributed by atoms with E-state index in [1.165, 1.54) is 109 Å². The average Bonchev–Trinajstić information content (AvgIpc) is 2.86. The number of hydrogen-bond acceptors (Lipinski definition) is 3. The highest BCUT2D eigenvalue weighted by atomic mass is 28.4. The molecule has 0 aliphatic heterocycles. The quantitative estimate of drug-likeness (QED) is 0.0735. The first-order valence-corrected chi connectivity index (χ1v) is 20.5. The topological polar surface area (TPSA) is 49.8 Å². The molecular formula is C35H73NO3Si. The Balaban J connectivity index is 4.99. The van der Waals surface area contributed by atoms with Gasteiger partial charge in [0.25, 0.3) is 0 Å². The number of rotatable bonds is 28. The van der Waals surface area contributed by atoms with Crippen molar-refractivity contribution in [1.82, 2.24) is 4.90 Å². The minimum atomic E-state index is -1.88. The third-order valence-corrected chi connectivity index (χ3v) is 13.6. The van der Waals surface area contributed by atoms with Crippen LogP contribution in [-0.2, 0) is 9.22 Å². The zero-order valence-electron chi connectivity index (χ0n) is 28.6. The van der Waals surface area contributed by atoms with Crippen LogP contribution in [0.2, 0.25) is 18.1 Å². The van der Waals surface area contributed by atoms with Gasteiger partial charge in [-0.2, -0.15) is 0 Å². The summed E-state index contributed by atoms with van der Waals surface area (Å²) in [6.07, 6.45) is 25.3. The maximum absolute atomic E-state index is 11.3. The zero-order chi connectivity index (χ0) is 30.3. The monoisotopic (exact) mass is 584 g/mol. The van der Waals surface area contributed by atoms with E-state index in [0.717, 1.165) is 32.5 Å². The first kappa shape index (κ1) is 39.6. The lowest BCUT2D eigenvalue weighted by Crippen LogP contribution is -2.47. The molecule has 4 nitrogen and oxygen atoms in total. The molecule has 0 spiro atoms. The summed E-state index contributed by atoms with van der Waals surface area (Å²) >= 11 is 0. The SMILES string of the molecule is CCCCCCCCCCC(C)CN(CCCC(=O)O)CC(CCCCCCCCCC)O[Si](C)(C)C(C)(C)C. The van der Waals surface area contributed by atoms with Crippen LogP contribution in [0.5, 0.6) is 0 Å². The Morgan fingerprint density at radius 1 is 0.725 bits per heavy atom. The molecule has 0 aliphatic carbocycles. The van der Waals surface area contributed by atoms with Gasteiger partial charge in [0.15, 0.2) is 8.32 Å². The largest absolute Gasteiger partial charge is 0.481 e. The minimum Gasteiger partial charge on any atom is -0.481 e. The van der Waals surface area contributed by atoms with Crippen LogP contribution in [0, 0.1) is 5.92 Å². The Hall–Kier alpha value is -0.393. The fourth-order valence-electron chi connectivity index (χ4n) is 5.44. The Kier molecular flexibility index (Phi) is 23.9. The summed E-state index contributed by atoms with van der Waals surface area (Å²) in [6, 6.07) is 0. The fourth-order valence-corrected chi connectivity index (χ4v) is 6.82. The van der Waals surface area contributed by atoms with Gasteiger partial charge in [0.05, 0.1) is 6.10 Å². The number of carboxylic acid groups (broad SMARTS) is 1. The second kappa shape index (κ2) is 24.1. The molecule has 2 unspecified atom stereocenters. The number of unbranched alkanes of at least 4 members (excludes halogenated alkanes) is 14. The molecule has 0 aromatic rings. The smallest absolute Gasteiger partial charge is 0.303 e. The summed E-state index contributed by atoms with van der Waals surface area (Å²) in [6.45, 7) is 21.6. The molecule has 0 saturated carbocycles. The first-order valence-electron chi connectivity index (χ1n) is 17.5. The van der Waals surface area contributed by atoms with Crippen molar-refractivity contribution >= 4 is 14.3 Å². The van der Waals surface area contributed by atoms with Crippen molar-refractivity contribution in [2.75, 3.05) is 19.6 Å². The highest BCUT2D eigenvalue weighted by molar-refractivity contribution is 6.74. The van der Waals surface area contributed by atoms with Gasteiger partial charge in [0.2, 0.25) is 0 Å². The molecule has 0 rings (SSSR count). The lowest BCUT2D eigenvalue weighted by atomic mass is 10.00. The van der Waals surface area contributed by atoms with Crippen molar-refractivity contribution in [1.29, 1.82) is 0 Å². The molecule has 0 radical (unpaired) electrons. The number of hydrogen-bond donors (Lipinski definition) is 1. The van der Waals surface area contributed by atoms with Gasteiger partial charge < -0.3 is 14.4 Å². The zero-order valence-corrected chi connectivity index (χ0v) is 29.6. The molecular weight excluding hydrogens is 510 g/mol. The lowest BCUT2D eigenvalue weighted by molar-refractivity contribution is -0.137. The van der Waals surface area contributed by atoms with Crippen LogP contribution in [0.15, 0.2) is 0 Å². The molecule has 5 heteroatoms. The molecule has 240 valence electrons. The number of aliphatic carboxylic acids is 1. The standard InChI is InChI=1S/C35H73NO3Si/c1-9-11-13-15-17-19-21-23-26-32(3)30-36(29-25-28-34(37)38)31-33(39-40(7,8)35(4,5)6)27-24-22-20-18-16-14-12-10-2/h32-33H,9-31H2,1-8H3,(H,37,38). The molecule has 0 saturated heterocycles. The van der Waals surface area contributed by atoms with E-state index in [0.29, 0.717) is 5.92 Å². The van der Waals surface area contributed by atoms with Gasteiger partial charge in [-0.3, -0.25) is 4.79 Å². The van der Waals surface area contributed by atoms with Gasteiger partial charge >= 0.3 is 5.97 Å². The van der Waals surface area contributed by atoms with Gasteiger partial charge in [0, 0.05) is 19.5 Å². The van der Waals surface area contributed by atoms with Crippen LogP contribution >= 0.6 is 0 Å². The van der Waals surface area contributed by atoms with Crippen molar-refractivity contribution in [3.63, 3.8) is 0 Å². The third-order valence-electron chi connectivity index (χ3n) is 9.09. The van der Waals surface area contributed by atoms with E-state index < -0.39 is 14.3 Å². The maximum atomic E-state index is 11.3. The lowest BCUT2D eigenvalue weighted by Gasteiger charge is -2.41. The number of carboxylic acids is 1. The van der Waals surface area contributed by atoms with Crippen LogP contribution in [0.4, 0.5) is 0 Å². The van der Waals surface area contributed by atoms with Crippen molar-refractivity contribution in [3.05, 3.63) is 0 Å². The van der Waals surface area contributed by atoms with Crippen LogP contribution in [0.3, 0.4) is 0 Å². The summed E-state index contributed by atoms with van der Waals surface area (Å²) in [5, 5.41) is 9.46. The molecule has 0 fully saturated rings. The third kappa shape index (κ3) is 22.2. The number of nitrogens with zero attached hydrogens (tertiary/aromatic N) is 1. The molecule has 2 atom stereocenters. The summed E-state index contributed by atoms with van der Waals surface area (Å²) in [7, 11) is -1.88. The molecule has 0 heterocycles. The van der Waals surface area contributed by atoms with E-state index in [2.05, 4.69) is 59.5 Å². The predicted molar refractivity (Wildman–Crippen MR) is 179 cm³/mol. The summed E-state index contributed by atoms with van der Waals surface area (Å²) < 4.78 is 7.04. The van der Waals surface area contributed by atoms with E-state index in [1.807, 2.05) is 0 Å². The van der Waals surface area contributed by atoms with Crippen molar-refractivity contribution in [2.45, 2.75) is 194 Å². The highest BCUT2D eigenvalue weighted by Crippen LogP contribution is 2.38. The summed E-state index contributed by atoms with van der Waals surface area (Å²) in [5.74, 6) is -0.0403. The molecule has 0 amide bonds. The van der Waals surface area contributed by atoms with Crippen LogP contribution in [0.25, 0.3) is 0 Å². The molecule has 0 aromatic carbocycles. The van der Waals surface area contributed by atoms with Gasteiger partial charge in [-0.15, -0.1) is 0 Å². The maximum Gasteiger partial charge on any atom is 0.303 e. The second-order valence-corrected chi connectivity index (χ2v) is 19.1. The predicted octanol–water partition coefficient (Wildman–Crippen LogP) is 11.2. The Bertz CT molecular complexity index is 590. The van der Waals surface area contributed by atoms with Crippen LogP contribution < -0.4 is 0 Å². The number of carbonyl (C=O) groups is 1. The van der Waals surface area contributed by atoms with E-state index in [9.17, 15) is 9.90 Å². The summed E-state index contributed by atoms with van der Waals surface area (Å²) in [5.41, 5.74) is 0. The van der Waals surface area contributed by atoms with E-state index >= 15 is 0 Å². The van der Waals surface area contributed by atoms with E-state index in [-0.39, 0.29) is 17.6 Å². The van der Waals surface area contributed by atoms with Gasteiger partial charge in [0.1, 0.15) is 0 Å². The van der Waals surface area contributed by atoms with E-state index in [1.54, 1.807) is 0 Å². The Morgan fingerprint density at radius 2 is 1.18 bits per heavy atom. The molecule has 0 aromatic heterocycles. The van der Waals surface area contributed by atoms with Gasteiger partial charge in [-0.25, -0.2) is 0 Å². The van der Waals surface area contributed by atoms with Crippen molar-refractivity contribution in [3.8, 4) is 0 Å². The highest BCUT2D eigenvalue weighted by Gasteiger charge is 2.39. The average molecular weight is 584 g/mol. The van der Waals surface area contributed by atoms with Crippen molar-refractivity contribution < 1.29 is 14.3 Å². The van der Waals surface area contributed by atoms with Crippen LogP contribution in [-0.4, -0.2) is 50.0 Å². The molecule has 0 bridgehead atoms. The second-order valence-electron chi connectivity index (χ2n) is 14.4. The molecule has 1 N–H and O–H groups in total. The first-order chi connectivity index (χ1) is 18.9. The minimum absolute atomic E-state index is 0.197. The normalized spacial score (nSPS) is 14.1. The van der Waals surface area contributed by atoms with E-state index in [4.69, 9.17) is 4.43 Å². The van der Waals surface area contributed by atoms with Crippen molar-refractivity contribution in [2.24, 2.45) is 5.92 Å². The van der Waals surface area contributed by atoms with Gasteiger partial charge in [-0.1, -0.05) is 144 Å². The fraction of sp³-hybridized carbons (Fsp3) is 0.971. The van der Waals surface area contributed by atoms with Gasteiger partial charge in [-0.05, 0) is 49.9 Å².